The number of esters is 2. The number of fused-ring (bicyclic) bond motifs is 3. The lowest BCUT2D eigenvalue weighted by atomic mass is 9.98. The SMILES string of the molecule is CC(C)C[C@H](NC(=O)NCNC(=O)[C@@H](NC(=O)OCC1c2ccccc2-c2ccccc21)[C@@H](C)OC(C)(C)C)C(=O)OC(=O)c1ccccc1. The van der Waals surface area contributed by atoms with Crippen molar-refractivity contribution < 1.29 is 38.2 Å². The van der Waals surface area contributed by atoms with Crippen molar-refractivity contribution in [2.75, 3.05) is 13.3 Å². The summed E-state index contributed by atoms with van der Waals surface area (Å²) in [6, 6.07) is 20.9. The van der Waals surface area contributed by atoms with Crippen LogP contribution < -0.4 is 21.3 Å². The van der Waals surface area contributed by atoms with Crippen LogP contribution in [0.5, 0.6) is 0 Å². The monoisotopic (exact) mass is 686 g/mol. The number of alkyl carbamates (subject to hydrolysis) is 1. The normalized spacial score (nSPS) is 14.0. The van der Waals surface area contributed by atoms with Crippen LogP contribution in [0.2, 0.25) is 0 Å². The number of hydrogen-bond donors (Lipinski definition) is 4. The Balaban J connectivity index is 1.34. The van der Waals surface area contributed by atoms with Crippen LogP contribution in [0.4, 0.5) is 9.59 Å². The minimum absolute atomic E-state index is 0.0200. The van der Waals surface area contributed by atoms with E-state index in [1.807, 2.05) is 83.1 Å². The first-order valence-electron chi connectivity index (χ1n) is 16.7. The number of hydrogen-bond acceptors (Lipinski definition) is 8. The Morgan fingerprint density at radius 3 is 1.92 bits per heavy atom. The summed E-state index contributed by atoms with van der Waals surface area (Å²) in [5.74, 6) is -2.57. The molecule has 4 rings (SSSR count). The largest absolute Gasteiger partial charge is 0.449 e. The van der Waals surface area contributed by atoms with Gasteiger partial charge in [0.05, 0.1) is 23.9 Å². The molecule has 3 aromatic carbocycles. The topological polar surface area (TPSA) is 161 Å². The Labute approximate surface area is 292 Å². The minimum atomic E-state index is -1.18. The quantitative estimate of drug-likeness (QED) is 0.108. The molecule has 12 heteroatoms. The third-order valence-corrected chi connectivity index (χ3v) is 7.92. The highest BCUT2D eigenvalue weighted by molar-refractivity contribution is 5.99. The van der Waals surface area contributed by atoms with Crippen molar-refractivity contribution in [1.82, 2.24) is 21.3 Å². The number of carbonyl (C=O) groups excluding carboxylic acids is 5. The van der Waals surface area contributed by atoms with Crippen molar-refractivity contribution in [3.63, 3.8) is 0 Å². The van der Waals surface area contributed by atoms with Gasteiger partial charge in [0.25, 0.3) is 0 Å². The summed E-state index contributed by atoms with van der Waals surface area (Å²) in [7, 11) is 0. The summed E-state index contributed by atoms with van der Waals surface area (Å²) in [6.07, 6.45) is -1.38. The molecule has 0 bridgehead atoms. The number of nitrogens with one attached hydrogen (secondary N) is 4. The zero-order chi connectivity index (χ0) is 36.4. The predicted molar refractivity (Wildman–Crippen MR) is 187 cm³/mol. The van der Waals surface area contributed by atoms with E-state index in [0.717, 1.165) is 22.3 Å². The van der Waals surface area contributed by atoms with Gasteiger partial charge in [0.15, 0.2) is 0 Å². The maximum absolute atomic E-state index is 13.4. The van der Waals surface area contributed by atoms with E-state index in [1.54, 1.807) is 25.1 Å². The average molecular weight is 687 g/mol. The molecule has 3 atom stereocenters. The van der Waals surface area contributed by atoms with Crippen LogP contribution in [0.3, 0.4) is 0 Å². The van der Waals surface area contributed by atoms with E-state index < -0.39 is 53.8 Å². The lowest BCUT2D eigenvalue weighted by Gasteiger charge is -2.30. The Morgan fingerprint density at radius 1 is 0.760 bits per heavy atom. The summed E-state index contributed by atoms with van der Waals surface area (Å²) in [5, 5.41) is 10.2. The third kappa shape index (κ3) is 10.4. The smallest absolute Gasteiger partial charge is 0.407 e. The number of benzene rings is 3. The molecular formula is C38H46N4O8. The van der Waals surface area contributed by atoms with Crippen molar-refractivity contribution in [2.45, 2.75) is 77.7 Å². The van der Waals surface area contributed by atoms with Crippen molar-refractivity contribution >= 4 is 30.0 Å². The van der Waals surface area contributed by atoms with Crippen LogP contribution in [0.25, 0.3) is 11.1 Å². The average Bonchev–Trinajstić information content (AvgIpc) is 3.38. The van der Waals surface area contributed by atoms with E-state index in [1.165, 1.54) is 12.1 Å². The lowest BCUT2D eigenvalue weighted by Crippen LogP contribution is -2.56. The van der Waals surface area contributed by atoms with Crippen molar-refractivity contribution in [1.29, 1.82) is 0 Å². The van der Waals surface area contributed by atoms with Gasteiger partial charge < -0.3 is 35.5 Å². The molecule has 50 heavy (non-hydrogen) atoms. The molecule has 0 saturated heterocycles. The zero-order valence-electron chi connectivity index (χ0n) is 29.3. The molecule has 12 nitrogen and oxygen atoms in total. The van der Waals surface area contributed by atoms with Gasteiger partial charge in [0.1, 0.15) is 18.7 Å². The molecular weight excluding hydrogens is 640 g/mol. The third-order valence-electron chi connectivity index (χ3n) is 7.92. The number of carbonyl (C=O) groups is 5. The van der Waals surface area contributed by atoms with Crippen LogP contribution in [0.1, 0.15) is 75.4 Å². The summed E-state index contributed by atoms with van der Waals surface area (Å²) in [6.45, 7) is 10.5. The fraction of sp³-hybridized carbons (Fsp3) is 0.395. The molecule has 0 aromatic heterocycles. The maximum Gasteiger partial charge on any atom is 0.407 e. The molecule has 1 aliphatic carbocycles. The molecule has 266 valence electrons. The number of amides is 4. The standard InChI is InChI=1S/C38H46N4O8/c1-23(2)20-31(35(45)49-34(44)25-14-8-7-9-15-25)41-36(46)40-22-39-33(43)32(24(3)50-38(4,5)6)42-37(47)48-21-30-28-18-12-10-16-26(28)27-17-11-13-19-29(27)30/h7-19,23-24,30-32H,20-22H2,1-6H3,(H,39,43)(H,42,47)(H2,40,41,46)/t24-,31+,32+/m1/s1. The van der Waals surface area contributed by atoms with Gasteiger partial charge in [0.2, 0.25) is 5.91 Å². The van der Waals surface area contributed by atoms with Crippen LogP contribution >= 0.6 is 0 Å². The second kappa shape index (κ2) is 16.9. The van der Waals surface area contributed by atoms with Crippen LogP contribution in [-0.2, 0) is 23.8 Å². The van der Waals surface area contributed by atoms with Gasteiger partial charge >= 0.3 is 24.1 Å². The molecule has 0 unspecified atom stereocenters. The molecule has 4 N–H and O–H groups in total. The van der Waals surface area contributed by atoms with E-state index >= 15 is 0 Å². The van der Waals surface area contributed by atoms with Crippen molar-refractivity contribution in [3.8, 4) is 11.1 Å². The number of urea groups is 1. The highest BCUT2D eigenvalue weighted by Gasteiger charge is 2.33. The highest BCUT2D eigenvalue weighted by Crippen LogP contribution is 2.44. The van der Waals surface area contributed by atoms with Crippen molar-refractivity contribution in [2.24, 2.45) is 5.92 Å². The van der Waals surface area contributed by atoms with E-state index in [-0.39, 0.29) is 37.1 Å². The second-order valence-corrected chi connectivity index (χ2v) is 13.5. The van der Waals surface area contributed by atoms with Gasteiger partial charge in [-0.25, -0.2) is 19.2 Å². The molecule has 0 spiro atoms. The molecule has 0 heterocycles. The first kappa shape index (κ1) is 37.6. The Kier molecular flexibility index (Phi) is 12.7. The van der Waals surface area contributed by atoms with E-state index in [4.69, 9.17) is 14.2 Å². The summed E-state index contributed by atoms with van der Waals surface area (Å²) >= 11 is 0. The van der Waals surface area contributed by atoms with Crippen LogP contribution in [0, 0.1) is 5.92 Å². The zero-order valence-corrected chi connectivity index (χ0v) is 29.3. The van der Waals surface area contributed by atoms with Gasteiger partial charge in [-0.2, -0.15) is 0 Å². The van der Waals surface area contributed by atoms with Gasteiger partial charge in [0, 0.05) is 5.92 Å². The fourth-order valence-corrected chi connectivity index (χ4v) is 5.80. The molecule has 4 amide bonds. The summed E-state index contributed by atoms with van der Waals surface area (Å²) in [4.78, 5) is 64.4. The number of ether oxygens (including phenoxy) is 3. The Hall–Kier alpha value is -5.23. The molecule has 0 radical (unpaired) electrons. The first-order chi connectivity index (χ1) is 23.7. The van der Waals surface area contributed by atoms with Gasteiger partial charge in [-0.15, -0.1) is 0 Å². The fourth-order valence-electron chi connectivity index (χ4n) is 5.80. The molecule has 0 fully saturated rings. The molecule has 0 aliphatic heterocycles. The molecule has 0 saturated carbocycles. The molecule has 3 aromatic rings. The van der Waals surface area contributed by atoms with Crippen LogP contribution in [-0.4, -0.2) is 67.0 Å². The Bertz CT molecular complexity index is 1620. The second-order valence-electron chi connectivity index (χ2n) is 13.5. The highest BCUT2D eigenvalue weighted by atomic mass is 16.6. The van der Waals surface area contributed by atoms with Gasteiger partial charge in [-0.1, -0.05) is 80.6 Å². The number of rotatable bonds is 13. The van der Waals surface area contributed by atoms with Crippen LogP contribution in [0.15, 0.2) is 78.9 Å². The van der Waals surface area contributed by atoms with Gasteiger partial charge in [-0.3, -0.25) is 4.79 Å². The summed E-state index contributed by atoms with van der Waals surface area (Å²) in [5.41, 5.74) is 3.84. The van der Waals surface area contributed by atoms with E-state index in [9.17, 15) is 24.0 Å². The minimum Gasteiger partial charge on any atom is -0.449 e. The summed E-state index contributed by atoms with van der Waals surface area (Å²) < 4.78 is 16.7. The Morgan fingerprint density at radius 2 is 1.34 bits per heavy atom. The van der Waals surface area contributed by atoms with Gasteiger partial charge in [-0.05, 0) is 74.4 Å². The maximum atomic E-state index is 13.4. The molecule has 1 aliphatic rings. The first-order valence-corrected chi connectivity index (χ1v) is 16.7. The van der Waals surface area contributed by atoms with Crippen molar-refractivity contribution in [3.05, 3.63) is 95.6 Å². The predicted octanol–water partition coefficient (Wildman–Crippen LogP) is 5.27. The van der Waals surface area contributed by atoms with E-state index in [2.05, 4.69) is 21.3 Å². The lowest BCUT2D eigenvalue weighted by molar-refractivity contribution is -0.140. The van der Waals surface area contributed by atoms with E-state index in [0.29, 0.717) is 0 Å².